The van der Waals surface area contributed by atoms with Gasteiger partial charge >= 0.3 is 0 Å². The van der Waals surface area contributed by atoms with Crippen molar-refractivity contribution in [1.82, 2.24) is 15.2 Å². The van der Waals surface area contributed by atoms with E-state index in [0.29, 0.717) is 6.54 Å². The van der Waals surface area contributed by atoms with Crippen LogP contribution in [-0.4, -0.2) is 27.8 Å². The Balaban J connectivity index is 1.49. The lowest BCUT2D eigenvalue weighted by atomic mass is 10.1. The Labute approximate surface area is 166 Å². The molecular weight excluding hydrogens is 378 g/mol. The van der Waals surface area contributed by atoms with Crippen LogP contribution in [0.4, 0.5) is 5.13 Å². The van der Waals surface area contributed by atoms with Crippen LogP contribution in [0.3, 0.4) is 0 Å². The van der Waals surface area contributed by atoms with Gasteiger partial charge in [0.15, 0.2) is 0 Å². The normalized spacial score (nSPS) is 12.2. The van der Waals surface area contributed by atoms with E-state index in [-0.39, 0.29) is 6.04 Å². The largest absolute Gasteiger partial charge is 0.356 e. The van der Waals surface area contributed by atoms with Gasteiger partial charge in [-0.05, 0) is 41.6 Å². The van der Waals surface area contributed by atoms with Gasteiger partial charge in [-0.2, -0.15) is 0 Å². The highest BCUT2D eigenvalue weighted by atomic mass is 35.5. The Morgan fingerprint density at radius 3 is 2.70 bits per heavy atom. The summed E-state index contributed by atoms with van der Waals surface area (Å²) in [4.78, 5) is 4.15. The fraction of sp³-hybridized carbons (Fsp3) is 0.150. The fourth-order valence-corrected chi connectivity index (χ4v) is 3.83. The summed E-state index contributed by atoms with van der Waals surface area (Å²) in [6.07, 6.45) is 4.45. The lowest BCUT2D eigenvalue weighted by molar-refractivity contribution is 0.721. The van der Waals surface area contributed by atoms with Gasteiger partial charge in [0.1, 0.15) is 5.01 Å². The lowest BCUT2D eigenvalue weighted by Crippen LogP contribution is -2.30. The number of benzene rings is 2. The molecule has 27 heavy (non-hydrogen) atoms. The minimum Gasteiger partial charge on any atom is -0.356 e. The van der Waals surface area contributed by atoms with E-state index in [1.807, 2.05) is 42.6 Å². The van der Waals surface area contributed by atoms with E-state index in [1.54, 1.807) is 6.20 Å². The maximum absolute atomic E-state index is 5.95. The molecule has 0 bridgehead atoms. The Hall–Kier alpha value is -2.54. The summed E-state index contributed by atoms with van der Waals surface area (Å²) in [7, 11) is 0. The van der Waals surface area contributed by atoms with Crippen molar-refractivity contribution < 1.29 is 0 Å². The van der Waals surface area contributed by atoms with Gasteiger partial charge in [-0.15, -0.1) is 10.2 Å². The van der Waals surface area contributed by atoms with Crippen LogP contribution < -0.4 is 11.1 Å². The second-order valence-corrected chi connectivity index (χ2v) is 7.67. The van der Waals surface area contributed by atoms with Crippen LogP contribution in [0.1, 0.15) is 5.56 Å². The van der Waals surface area contributed by atoms with Crippen molar-refractivity contribution in [1.29, 1.82) is 0 Å². The number of pyridine rings is 1. The number of rotatable bonds is 6. The SMILES string of the molecule is NCC(Cc1ccc(Cl)cc1)Nc1nnc(-c2ccc3cnccc3c2)s1. The molecule has 4 aromatic rings. The van der Waals surface area contributed by atoms with E-state index in [0.717, 1.165) is 37.9 Å². The average Bonchev–Trinajstić information content (AvgIpc) is 3.17. The Morgan fingerprint density at radius 1 is 1.04 bits per heavy atom. The van der Waals surface area contributed by atoms with E-state index in [9.17, 15) is 0 Å². The monoisotopic (exact) mass is 395 g/mol. The van der Waals surface area contributed by atoms with Crippen LogP contribution in [0.2, 0.25) is 5.02 Å². The minimum absolute atomic E-state index is 0.0784. The molecule has 0 spiro atoms. The predicted octanol–water partition coefficient (Wildman–Crippen LogP) is 4.39. The summed E-state index contributed by atoms with van der Waals surface area (Å²) in [5, 5.41) is 16.6. The zero-order valence-corrected chi connectivity index (χ0v) is 16.0. The van der Waals surface area contributed by atoms with Gasteiger partial charge in [-0.1, -0.05) is 47.2 Å². The van der Waals surface area contributed by atoms with Gasteiger partial charge in [0, 0.05) is 41.0 Å². The molecule has 1 atom stereocenters. The Bertz CT molecular complexity index is 1050. The predicted molar refractivity (Wildman–Crippen MR) is 112 cm³/mol. The molecule has 2 aromatic carbocycles. The van der Waals surface area contributed by atoms with E-state index in [2.05, 4.69) is 32.6 Å². The molecule has 0 radical (unpaired) electrons. The number of anilines is 1. The average molecular weight is 396 g/mol. The first-order valence-corrected chi connectivity index (χ1v) is 9.79. The van der Waals surface area contributed by atoms with Crippen LogP contribution >= 0.6 is 22.9 Å². The zero-order chi connectivity index (χ0) is 18.6. The molecule has 0 saturated heterocycles. The molecule has 0 aliphatic carbocycles. The molecule has 7 heteroatoms. The summed E-state index contributed by atoms with van der Waals surface area (Å²) in [6.45, 7) is 0.501. The second-order valence-electron chi connectivity index (χ2n) is 6.26. The quantitative estimate of drug-likeness (QED) is 0.506. The molecule has 4 rings (SSSR count). The molecule has 136 valence electrons. The van der Waals surface area contributed by atoms with Crippen molar-refractivity contribution in [3.8, 4) is 10.6 Å². The van der Waals surface area contributed by atoms with Crippen molar-refractivity contribution in [3.63, 3.8) is 0 Å². The highest BCUT2D eigenvalue weighted by Crippen LogP contribution is 2.29. The molecule has 0 saturated carbocycles. The molecule has 3 N–H and O–H groups in total. The third-order valence-corrected chi connectivity index (χ3v) is 5.48. The molecule has 0 aliphatic rings. The number of halogens is 1. The molecule has 2 aromatic heterocycles. The maximum atomic E-state index is 5.95. The van der Waals surface area contributed by atoms with E-state index in [4.69, 9.17) is 17.3 Å². The number of nitrogens with one attached hydrogen (secondary N) is 1. The van der Waals surface area contributed by atoms with Gasteiger partial charge in [0.2, 0.25) is 5.13 Å². The highest BCUT2D eigenvalue weighted by molar-refractivity contribution is 7.18. The third kappa shape index (κ3) is 4.24. The zero-order valence-electron chi connectivity index (χ0n) is 14.5. The third-order valence-electron chi connectivity index (χ3n) is 4.32. The molecule has 0 aliphatic heterocycles. The second kappa shape index (κ2) is 8.00. The topological polar surface area (TPSA) is 76.7 Å². The number of fused-ring (bicyclic) bond motifs is 1. The summed E-state index contributed by atoms with van der Waals surface area (Å²) in [5.41, 5.74) is 8.16. The van der Waals surface area contributed by atoms with Crippen LogP contribution in [0.15, 0.2) is 60.9 Å². The molecule has 0 amide bonds. The van der Waals surface area contributed by atoms with E-state index >= 15 is 0 Å². The Kier molecular flexibility index (Phi) is 5.29. The molecule has 5 nitrogen and oxygen atoms in total. The van der Waals surface area contributed by atoms with Crippen molar-refractivity contribution in [2.45, 2.75) is 12.5 Å². The van der Waals surface area contributed by atoms with Crippen molar-refractivity contribution in [2.75, 3.05) is 11.9 Å². The number of hydrogen-bond acceptors (Lipinski definition) is 6. The summed E-state index contributed by atoms with van der Waals surface area (Å²) in [6, 6.07) is 16.1. The first-order valence-electron chi connectivity index (χ1n) is 8.60. The van der Waals surface area contributed by atoms with Gasteiger partial charge in [-0.25, -0.2) is 0 Å². The standard InChI is InChI=1S/C20H18ClN5S/c21-17-5-1-13(2-6-17)9-18(11-22)24-20-26-25-19(27-20)15-3-4-16-12-23-8-7-14(16)10-15/h1-8,10,12,18H,9,11,22H2,(H,24,26). The van der Waals surface area contributed by atoms with Crippen LogP contribution in [0.25, 0.3) is 21.3 Å². The van der Waals surface area contributed by atoms with Gasteiger partial charge in [0.25, 0.3) is 0 Å². The summed E-state index contributed by atoms with van der Waals surface area (Å²) >= 11 is 7.47. The highest BCUT2D eigenvalue weighted by Gasteiger charge is 2.12. The van der Waals surface area contributed by atoms with Crippen LogP contribution in [0, 0.1) is 0 Å². The number of nitrogens with zero attached hydrogens (tertiary/aromatic N) is 3. The number of hydrogen-bond donors (Lipinski definition) is 2. The lowest BCUT2D eigenvalue weighted by Gasteiger charge is -2.15. The van der Waals surface area contributed by atoms with Crippen LogP contribution in [-0.2, 0) is 6.42 Å². The molecular formula is C20H18ClN5S. The summed E-state index contributed by atoms with van der Waals surface area (Å²) < 4.78 is 0. The van der Waals surface area contributed by atoms with E-state index in [1.165, 1.54) is 16.9 Å². The first kappa shape index (κ1) is 17.9. The van der Waals surface area contributed by atoms with Gasteiger partial charge in [0.05, 0.1) is 0 Å². The number of nitrogens with two attached hydrogens (primary N) is 1. The van der Waals surface area contributed by atoms with E-state index < -0.39 is 0 Å². The van der Waals surface area contributed by atoms with Crippen molar-refractivity contribution in [3.05, 3.63) is 71.5 Å². The molecule has 0 fully saturated rings. The van der Waals surface area contributed by atoms with Crippen molar-refractivity contribution >= 4 is 38.8 Å². The van der Waals surface area contributed by atoms with Crippen molar-refractivity contribution in [2.24, 2.45) is 5.73 Å². The number of aromatic nitrogens is 3. The molecule has 1 unspecified atom stereocenters. The van der Waals surface area contributed by atoms with Gasteiger partial charge in [-0.3, -0.25) is 4.98 Å². The smallest absolute Gasteiger partial charge is 0.206 e. The first-order chi connectivity index (χ1) is 13.2. The van der Waals surface area contributed by atoms with Gasteiger partial charge < -0.3 is 11.1 Å². The summed E-state index contributed by atoms with van der Waals surface area (Å²) in [5.74, 6) is 0. The Morgan fingerprint density at radius 2 is 1.89 bits per heavy atom. The minimum atomic E-state index is 0.0784. The maximum Gasteiger partial charge on any atom is 0.206 e. The molecule has 2 heterocycles. The van der Waals surface area contributed by atoms with Crippen LogP contribution in [0.5, 0.6) is 0 Å². The fourth-order valence-electron chi connectivity index (χ4n) is 2.89.